The lowest BCUT2D eigenvalue weighted by Crippen LogP contribution is -2.39. The van der Waals surface area contributed by atoms with Gasteiger partial charge in [-0.1, -0.05) is 12.1 Å². The van der Waals surface area contributed by atoms with Gasteiger partial charge in [-0.2, -0.15) is 8.42 Å². The summed E-state index contributed by atoms with van der Waals surface area (Å²) in [6.07, 6.45) is 3.76. The summed E-state index contributed by atoms with van der Waals surface area (Å²) in [5.41, 5.74) is 3.19. The van der Waals surface area contributed by atoms with Crippen LogP contribution >= 0.6 is 0 Å². The van der Waals surface area contributed by atoms with Gasteiger partial charge in [0.2, 0.25) is 11.8 Å². The Morgan fingerprint density at radius 3 is 2.48 bits per heavy atom. The van der Waals surface area contributed by atoms with E-state index in [1.54, 1.807) is 0 Å². The zero-order valence-corrected chi connectivity index (χ0v) is 17.7. The van der Waals surface area contributed by atoms with Crippen molar-refractivity contribution in [2.24, 2.45) is 0 Å². The van der Waals surface area contributed by atoms with E-state index in [2.05, 4.69) is 16.3 Å². The zero-order valence-electron chi connectivity index (χ0n) is 16.8. The van der Waals surface area contributed by atoms with Gasteiger partial charge in [0.25, 0.3) is 10.1 Å². The van der Waals surface area contributed by atoms with E-state index in [9.17, 15) is 18.0 Å². The normalized spacial score (nSPS) is 21.3. The van der Waals surface area contributed by atoms with Crippen LogP contribution in [0.5, 0.6) is 0 Å². The van der Waals surface area contributed by atoms with Crippen molar-refractivity contribution in [3.05, 3.63) is 29.3 Å². The van der Waals surface area contributed by atoms with Crippen molar-refractivity contribution < 1.29 is 26.9 Å². The molecule has 2 saturated heterocycles. The van der Waals surface area contributed by atoms with Crippen LogP contribution in [-0.4, -0.2) is 58.9 Å². The first-order valence-corrected chi connectivity index (χ1v) is 11.7. The molecule has 1 atom stereocenters. The van der Waals surface area contributed by atoms with E-state index in [0.29, 0.717) is 12.8 Å². The maximum atomic E-state index is 12.1. The minimum absolute atomic E-state index is 0.0416. The van der Waals surface area contributed by atoms with Crippen molar-refractivity contribution >= 4 is 27.6 Å². The van der Waals surface area contributed by atoms with Gasteiger partial charge in [-0.3, -0.25) is 19.1 Å². The number of amides is 2. The van der Waals surface area contributed by atoms with Gasteiger partial charge in [0, 0.05) is 25.2 Å². The molecule has 0 bridgehead atoms. The maximum absolute atomic E-state index is 12.1. The number of hydrogen-bond donors (Lipinski definition) is 1. The molecule has 2 aliphatic heterocycles. The number of carbonyl (C=O) groups is 2. The summed E-state index contributed by atoms with van der Waals surface area (Å²) >= 11 is 0. The second-order valence-corrected chi connectivity index (χ2v) is 9.28. The topological polar surface area (TPSA) is 102 Å². The molecule has 0 aromatic heterocycles. The number of rotatable bonds is 7. The van der Waals surface area contributed by atoms with Gasteiger partial charge in [0.1, 0.15) is 0 Å². The van der Waals surface area contributed by atoms with Crippen LogP contribution in [0, 0.1) is 6.92 Å². The summed E-state index contributed by atoms with van der Waals surface area (Å²) in [4.78, 5) is 25.8. The van der Waals surface area contributed by atoms with Crippen LogP contribution in [0.1, 0.15) is 42.7 Å². The average molecular weight is 425 g/mol. The van der Waals surface area contributed by atoms with Crippen LogP contribution in [0.4, 0.5) is 5.69 Å². The molecule has 2 heterocycles. The molecule has 0 saturated carbocycles. The van der Waals surface area contributed by atoms with Gasteiger partial charge in [0.05, 0.1) is 31.5 Å². The number of hydrogen-bond acceptors (Lipinski definition) is 7. The lowest BCUT2D eigenvalue weighted by molar-refractivity contribution is -0.134. The van der Waals surface area contributed by atoms with E-state index in [4.69, 9.17) is 8.92 Å². The molecule has 3 rings (SSSR count). The van der Waals surface area contributed by atoms with Crippen LogP contribution in [0.15, 0.2) is 18.2 Å². The predicted molar refractivity (Wildman–Crippen MR) is 108 cm³/mol. The van der Waals surface area contributed by atoms with Crippen molar-refractivity contribution in [3.8, 4) is 0 Å². The van der Waals surface area contributed by atoms with E-state index in [-0.39, 0.29) is 37.0 Å². The SMILES string of the molecule is Cc1cc(C2CCC(=O)NC2=O)ccc1N1CCC(OCCOS(C)(=O)=O)CC1. The summed E-state index contributed by atoms with van der Waals surface area (Å²) in [7, 11) is -3.42. The van der Waals surface area contributed by atoms with Gasteiger partial charge in [-0.15, -0.1) is 0 Å². The van der Waals surface area contributed by atoms with Crippen LogP contribution < -0.4 is 10.2 Å². The van der Waals surface area contributed by atoms with Crippen molar-refractivity contribution in [1.82, 2.24) is 5.32 Å². The lowest BCUT2D eigenvalue weighted by Gasteiger charge is -2.34. The highest BCUT2D eigenvalue weighted by molar-refractivity contribution is 7.85. The average Bonchev–Trinajstić information content (AvgIpc) is 2.65. The number of nitrogens with zero attached hydrogens (tertiary/aromatic N) is 1. The quantitative estimate of drug-likeness (QED) is 0.402. The molecule has 29 heavy (non-hydrogen) atoms. The molecule has 1 N–H and O–H groups in total. The minimum Gasteiger partial charge on any atom is -0.376 e. The van der Waals surface area contributed by atoms with E-state index in [1.165, 1.54) is 0 Å². The summed E-state index contributed by atoms with van der Waals surface area (Å²) in [6.45, 7) is 4.03. The lowest BCUT2D eigenvalue weighted by atomic mass is 9.89. The number of aryl methyl sites for hydroxylation is 1. The molecule has 8 nitrogen and oxygen atoms in total. The van der Waals surface area contributed by atoms with E-state index < -0.39 is 10.1 Å². The number of nitrogens with one attached hydrogen (secondary N) is 1. The van der Waals surface area contributed by atoms with Crippen molar-refractivity contribution in [2.45, 2.75) is 44.6 Å². The molecule has 0 radical (unpaired) electrons. The Hall–Kier alpha value is -1.97. The van der Waals surface area contributed by atoms with Gasteiger partial charge in [-0.05, 0) is 43.4 Å². The number of carbonyl (C=O) groups excluding carboxylic acids is 2. The summed E-state index contributed by atoms with van der Waals surface area (Å²) in [6, 6.07) is 6.07. The molecule has 2 aliphatic rings. The second kappa shape index (κ2) is 9.23. The third kappa shape index (κ3) is 6.01. The number of benzene rings is 1. The number of imide groups is 1. The summed E-state index contributed by atoms with van der Waals surface area (Å²) in [5.74, 6) is -0.687. The van der Waals surface area contributed by atoms with Crippen LogP contribution in [0.3, 0.4) is 0 Å². The third-order valence-electron chi connectivity index (χ3n) is 5.38. The largest absolute Gasteiger partial charge is 0.376 e. The molecule has 1 aromatic rings. The van der Waals surface area contributed by atoms with Crippen molar-refractivity contribution in [1.29, 1.82) is 0 Å². The number of anilines is 1. The van der Waals surface area contributed by atoms with Crippen molar-refractivity contribution in [3.63, 3.8) is 0 Å². The fourth-order valence-corrected chi connectivity index (χ4v) is 4.30. The van der Waals surface area contributed by atoms with E-state index >= 15 is 0 Å². The fourth-order valence-electron chi connectivity index (χ4n) is 3.93. The standard InChI is InChI=1S/C20H28N2O6S/c1-14-13-15(17-4-6-19(23)21-20(17)24)3-5-18(14)22-9-7-16(8-10-22)27-11-12-28-29(2,25)26/h3,5,13,16-17H,4,6-12H2,1-2H3,(H,21,23,24). The Bertz CT molecular complexity index is 862. The molecule has 1 unspecified atom stereocenters. The molecule has 9 heteroatoms. The highest BCUT2D eigenvalue weighted by Crippen LogP contribution is 2.31. The fraction of sp³-hybridized carbons (Fsp3) is 0.600. The molecule has 0 spiro atoms. The molecule has 0 aliphatic carbocycles. The molecule has 160 valence electrons. The van der Waals surface area contributed by atoms with Gasteiger partial charge >= 0.3 is 0 Å². The van der Waals surface area contributed by atoms with Crippen LogP contribution in [-0.2, 0) is 28.6 Å². The number of ether oxygens (including phenoxy) is 1. The number of piperidine rings is 2. The van der Waals surface area contributed by atoms with E-state index in [0.717, 1.165) is 49.0 Å². The Balaban J connectivity index is 1.52. The minimum atomic E-state index is -3.42. The highest BCUT2D eigenvalue weighted by atomic mass is 32.2. The maximum Gasteiger partial charge on any atom is 0.264 e. The Morgan fingerprint density at radius 2 is 1.86 bits per heavy atom. The third-order valence-corrected chi connectivity index (χ3v) is 5.97. The Labute approximate surface area is 171 Å². The highest BCUT2D eigenvalue weighted by Gasteiger charge is 2.28. The monoisotopic (exact) mass is 424 g/mol. The Kier molecular flexibility index (Phi) is 6.92. The molecular formula is C20H28N2O6S. The summed E-state index contributed by atoms with van der Waals surface area (Å²) < 4.78 is 32.3. The van der Waals surface area contributed by atoms with Crippen molar-refractivity contribution in [2.75, 3.05) is 37.5 Å². The molecular weight excluding hydrogens is 396 g/mol. The predicted octanol–water partition coefficient (Wildman–Crippen LogP) is 1.48. The van der Waals surface area contributed by atoms with E-state index in [1.807, 2.05) is 19.1 Å². The van der Waals surface area contributed by atoms with Crippen LogP contribution in [0.25, 0.3) is 0 Å². The van der Waals surface area contributed by atoms with Gasteiger partial charge < -0.3 is 9.64 Å². The van der Waals surface area contributed by atoms with Gasteiger partial charge in [0.15, 0.2) is 0 Å². The first-order valence-electron chi connectivity index (χ1n) is 9.88. The first kappa shape index (κ1) is 21.7. The first-order chi connectivity index (χ1) is 13.7. The summed E-state index contributed by atoms with van der Waals surface area (Å²) in [5, 5.41) is 2.41. The molecule has 2 amide bonds. The zero-order chi connectivity index (χ0) is 21.0. The molecule has 1 aromatic carbocycles. The second-order valence-electron chi connectivity index (χ2n) is 7.63. The molecule has 2 fully saturated rings. The smallest absolute Gasteiger partial charge is 0.264 e. The van der Waals surface area contributed by atoms with Crippen LogP contribution in [0.2, 0.25) is 0 Å². The Morgan fingerprint density at radius 1 is 1.14 bits per heavy atom. The van der Waals surface area contributed by atoms with Gasteiger partial charge in [-0.25, -0.2) is 0 Å².